The average molecular weight is 734 g/mol. The van der Waals surface area contributed by atoms with E-state index in [4.69, 9.17) is 19.4 Å². The first-order chi connectivity index (χ1) is 27.7. The molecule has 0 saturated heterocycles. The molecule has 0 fully saturated rings. The minimum atomic E-state index is 0.598. The highest BCUT2D eigenvalue weighted by Gasteiger charge is 2.20. The van der Waals surface area contributed by atoms with Gasteiger partial charge in [0.2, 0.25) is 0 Å². The highest BCUT2D eigenvalue weighted by Crippen LogP contribution is 2.44. The van der Waals surface area contributed by atoms with Crippen LogP contribution in [0.1, 0.15) is 0 Å². The summed E-state index contributed by atoms with van der Waals surface area (Å²) in [6.45, 7) is 0. The summed E-state index contributed by atoms with van der Waals surface area (Å²) in [5.41, 5.74) is 11.3. The van der Waals surface area contributed by atoms with E-state index in [0.717, 1.165) is 49.8 Å². The van der Waals surface area contributed by atoms with Crippen LogP contribution >= 0.6 is 11.3 Å². The Hall–Kier alpha value is -7.21. The molecular formula is C51H31N3OS. The summed E-state index contributed by atoms with van der Waals surface area (Å²) in [7, 11) is 0. The lowest BCUT2D eigenvalue weighted by Gasteiger charge is -2.10. The normalized spacial score (nSPS) is 11.6. The Morgan fingerprint density at radius 2 is 0.893 bits per heavy atom. The third kappa shape index (κ3) is 5.56. The van der Waals surface area contributed by atoms with E-state index in [2.05, 4.69) is 140 Å². The Morgan fingerprint density at radius 1 is 0.321 bits per heavy atom. The van der Waals surface area contributed by atoms with Crippen LogP contribution in [0.25, 0.3) is 110 Å². The van der Waals surface area contributed by atoms with Crippen molar-refractivity contribution in [1.29, 1.82) is 0 Å². The summed E-state index contributed by atoms with van der Waals surface area (Å²) < 4.78 is 9.24. The van der Waals surface area contributed by atoms with Gasteiger partial charge in [-0.05, 0) is 69.8 Å². The van der Waals surface area contributed by atoms with E-state index in [1.54, 1.807) is 0 Å². The number of benzene rings is 8. The summed E-state index contributed by atoms with van der Waals surface area (Å²) >= 11 is 1.84. The van der Waals surface area contributed by atoms with E-state index >= 15 is 0 Å². The average Bonchev–Trinajstić information content (AvgIpc) is 3.85. The molecule has 11 rings (SSSR count). The van der Waals surface area contributed by atoms with E-state index in [1.807, 2.05) is 59.9 Å². The summed E-state index contributed by atoms with van der Waals surface area (Å²) in [4.78, 5) is 15.2. The van der Waals surface area contributed by atoms with Crippen molar-refractivity contribution in [3.63, 3.8) is 0 Å². The third-order valence-corrected chi connectivity index (χ3v) is 11.7. The second-order valence-corrected chi connectivity index (χ2v) is 15.1. The fourth-order valence-electron chi connectivity index (χ4n) is 7.84. The van der Waals surface area contributed by atoms with Crippen LogP contribution in [0.3, 0.4) is 0 Å². The zero-order valence-electron chi connectivity index (χ0n) is 30.1. The molecule has 3 heterocycles. The number of aromatic nitrogens is 3. The molecule has 0 spiro atoms. The Kier molecular flexibility index (Phi) is 7.64. The second-order valence-electron chi connectivity index (χ2n) is 14.0. The number of thiophene rings is 1. The standard InChI is InChI=1S/C51H31N3OS/c1-4-13-32(14-5-1)34-23-25-36(26-24-34)50-52-49(35-17-8-3-9-18-35)53-51(54-50)41-20-12-21-43-47(41)39-28-27-37(30-44(39)55-43)42-29-38(33-15-6-2-7-16-33)31-46-48(42)40-19-10-11-22-45(40)56-46/h1-31H. The molecule has 0 bridgehead atoms. The highest BCUT2D eigenvalue weighted by atomic mass is 32.1. The van der Waals surface area contributed by atoms with Crippen LogP contribution in [-0.2, 0) is 0 Å². The molecule has 262 valence electrons. The summed E-state index contributed by atoms with van der Waals surface area (Å²) in [5.74, 6) is 1.83. The highest BCUT2D eigenvalue weighted by molar-refractivity contribution is 7.26. The summed E-state index contributed by atoms with van der Waals surface area (Å²) in [6.07, 6.45) is 0. The molecule has 8 aromatic carbocycles. The monoisotopic (exact) mass is 733 g/mol. The molecule has 4 nitrogen and oxygen atoms in total. The molecule has 0 aliphatic heterocycles. The van der Waals surface area contributed by atoms with Gasteiger partial charge in [0.25, 0.3) is 0 Å². The van der Waals surface area contributed by atoms with E-state index in [-0.39, 0.29) is 0 Å². The fourth-order valence-corrected chi connectivity index (χ4v) is 9.01. The molecule has 0 aliphatic rings. The van der Waals surface area contributed by atoms with Crippen molar-refractivity contribution in [2.45, 2.75) is 0 Å². The van der Waals surface area contributed by atoms with Crippen LogP contribution < -0.4 is 0 Å². The van der Waals surface area contributed by atoms with Gasteiger partial charge in [0.1, 0.15) is 11.2 Å². The molecule has 0 radical (unpaired) electrons. The van der Waals surface area contributed by atoms with Crippen molar-refractivity contribution in [3.05, 3.63) is 188 Å². The number of hydrogen-bond donors (Lipinski definition) is 0. The molecule has 56 heavy (non-hydrogen) atoms. The Bertz CT molecular complexity index is 3230. The van der Waals surface area contributed by atoms with E-state index in [0.29, 0.717) is 17.5 Å². The molecular weight excluding hydrogens is 703 g/mol. The zero-order chi connectivity index (χ0) is 37.0. The summed E-state index contributed by atoms with van der Waals surface area (Å²) in [5, 5.41) is 4.53. The van der Waals surface area contributed by atoms with Crippen LogP contribution in [0.15, 0.2) is 192 Å². The first kappa shape index (κ1) is 32.2. The van der Waals surface area contributed by atoms with Crippen LogP contribution in [0.5, 0.6) is 0 Å². The Balaban J connectivity index is 1.08. The van der Waals surface area contributed by atoms with E-state index < -0.39 is 0 Å². The SMILES string of the molecule is c1ccc(-c2ccc(-c3nc(-c4ccccc4)nc(-c4cccc5oc6cc(-c7cc(-c8ccccc8)cc8sc9ccccc9c78)ccc6c45)n3)cc2)cc1. The van der Waals surface area contributed by atoms with Gasteiger partial charge in [-0.1, -0.05) is 152 Å². The minimum absolute atomic E-state index is 0.598. The maximum absolute atomic E-state index is 6.69. The van der Waals surface area contributed by atoms with Gasteiger partial charge in [0.05, 0.1) is 0 Å². The van der Waals surface area contributed by atoms with Crippen molar-refractivity contribution in [2.24, 2.45) is 0 Å². The maximum atomic E-state index is 6.69. The van der Waals surface area contributed by atoms with Gasteiger partial charge in [-0.25, -0.2) is 15.0 Å². The van der Waals surface area contributed by atoms with Gasteiger partial charge in [0.15, 0.2) is 17.5 Å². The topological polar surface area (TPSA) is 51.8 Å². The first-order valence-electron chi connectivity index (χ1n) is 18.7. The molecule has 0 aliphatic carbocycles. The lowest BCUT2D eigenvalue weighted by Crippen LogP contribution is -2.00. The minimum Gasteiger partial charge on any atom is -0.456 e. The van der Waals surface area contributed by atoms with Crippen LogP contribution in [0.2, 0.25) is 0 Å². The first-order valence-corrected chi connectivity index (χ1v) is 19.5. The number of furan rings is 1. The number of rotatable bonds is 6. The zero-order valence-corrected chi connectivity index (χ0v) is 30.9. The molecule has 0 saturated carbocycles. The molecule has 0 amide bonds. The molecule has 0 N–H and O–H groups in total. The third-order valence-electron chi connectivity index (χ3n) is 10.6. The smallest absolute Gasteiger partial charge is 0.164 e. The van der Waals surface area contributed by atoms with E-state index in [1.165, 1.54) is 42.4 Å². The summed E-state index contributed by atoms with van der Waals surface area (Å²) in [6, 6.07) is 65.6. The second kappa shape index (κ2) is 13.3. The van der Waals surface area contributed by atoms with Crippen molar-refractivity contribution in [3.8, 4) is 67.5 Å². The van der Waals surface area contributed by atoms with Gasteiger partial charge in [0, 0.05) is 47.6 Å². The number of nitrogens with zero attached hydrogens (tertiary/aromatic N) is 3. The van der Waals surface area contributed by atoms with Crippen LogP contribution in [0, 0.1) is 0 Å². The van der Waals surface area contributed by atoms with E-state index in [9.17, 15) is 0 Å². The predicted octanol–water partition coefficient (Wildman–Crippen LogP) is 14.1. The predicted molar refractivity (Wildman–Crippen MR) is 233 cm³/mol. The van der Waals surface area contributed by atoms with Gasteiger partial charge in [-0.3, -0.25) is 0 Å². The van der Waals surface area contributed by atoms with Crippen molar-refractivity contribution >= 4 is 53.4 Å². The molecule has 0 atom stereocenters. The Morgan fingerprint density at radius 3 is 1.62 bits per heavy atom. The van der Waals surface area contributed by atoms with Crippen LogP contribution in [-0.4, -0.2) is 15.0 Å². The van der Waals surface area contributed by atoms with Gasteiger partial charge in [-0.2, -0.15) is 0 Å². The number of fused-ring (bicyclic) bond motifs is 6. The van der Waals surface area contributed by atoms with Gasteiger partial charge >= 0.3 is 0 Å². The largest absolute Gasteiger partial charge is 0.456 e. The van der Waals surface area contributed by atoms with Crippen molar-refractivity contribution in [1.82, 2.24) is 15.0 Å². The molecule has 11 aromatic rings. The Labute approximate surface area is 327 Å². The maximum Gasteiger partial charge on any atom is 0.164 e. The fraction of sp³-hybridized carbons (Fsp3) is 0. The lowest BCUT2D eigenvalue weighted by molar-refractivity contribution is 0.669. The molecule has 3 aromatic heterocycles. The van der Waals surface area contributed by atoms with Gasteiger partial charge in [-0.15, -0.1) is 11.3 Å². The van der Waals surface area contributed by atoms with Crippen molar-refractivity contribution < 1.29 is 4.42 Å². The molecule has 5 heteroatoms. The number of hydrogen-bond acceptors (Lipinski definition) is 5. The van der Waals surface area contributed by atoms with Crippen molar-refractivity contribution in [2.75, 3.05) is 0 Å². The van der Waals surface area contributed by atoms with Gasteiger partial charge < -0.3 is 4.42 Å². The quantitative estimate of drug-likeness (QED) is 0.171. The lowest BCUT2D eigenvalue weighted by atomic mass is 9.94. The van der Waals surface area contributed by atoms with Crippen LogP contribution in [0.4, 0.5) is 0 Å². The molecule has 0 unspecified atom stereocenters.